The molecule has 0 radical (unpaired) electrons. The van der Waals surface area contributed by atoms with Crippen molar-refractivity contribution in [1.29, 1.82) is 0 Å². The van der Waals surface area contributed by atoms with Crippen LogP contribution in [-0.4, -0.2) is 14.2 Å². The van der Waals surface area contributed by atoms with Crippen molar-refractivity contribution in [2.45, 2.75) is 17.4 Å². The Morgan fingerprint density at radius 2 is 2.00 bits per heavy atom. The van der Waals surface area contributed by atoms with Crippen LogP contribution in [0.3, 0.4) is 0 Å². The first-order chi connectivity index (χ1) is 6.92. The number of fused-ring (bicyclic) bond motifs is 1. The summed E-state index contributed by atoms with van der Waals surface area (Å²) in [6.07, 6.45) is 0.193. The van der Waals surface area contributed by atoms with Gasteiger partial charge in [-0.05, 0) is 18.1 Å². The van der Waals surface area contributed by atoms with Gasteiger partial charge in [0.15, 0.2) is 9.84 Å². The second kappa shape index (κ2) is 3.24. The summed E-state index contributed by atoms with van der Waals surface area (Å²) in [5.74, 6) is -2.05. The largest absolute Gasteiger partial charge is 0.324 e. The molecule has 15 heavy (non-hydrogen) atoms. The Balaban J connectivity index is 2.79. The average molecular weight is 233 g/mol. The average Bonchev–Trinajstić information content (AvgIpc) is 2.10. The van der Waals surface area contributed by atoms with Gasteiger partial charge >= 0.3 is 0 Å². The maximum absolute atomic E-state index is 13.3. The molecule has 0 spiro atoms. The van der Waals surface area contributed by atoms with Gasteiger partial charge in [-0.2, -0.15) is 0 Å². The number of sulfone groups is 1. The molecule has 0 saturated heterocycles. The Bertz CT molecular complexity index is 513. The number of hydrogen-bond acceptors (Lipinski definition) is 3. The van der Waals surface area contributed by atoms with E-state index < -0.39 is 32.4 Å². The van der Waals surface area contributed by atoms with Crippen LogP contribution < -0.4 is 5.73 Å². The molecule has 0 aromatic heterocycles. The van der Waals surface area contributed by atoms with Crippen molar-refractivity contribution in [1.82, 2.24) is 0 Å². The first-order valence-corrected chi connectivity index (χ1v) is 6.04. The summed E-state index contributed by atoms with van der Waals surface area (Å²) in [6, 6.07) is 0.933. The van der Waals surface area contributed by atoms with E-state index in [4.69, 9.17) is 5.73 Å². The minimum Gasteiger partial charge on any atom is -0.324 e. The van der Waals surface area contributed by atoms with Crippen molar-refractivity contribution in [3.8, 4) is 0 Å². The van der Waals surface area contributed by atoms with Crippen LogP contribution in [0.5, 0.6) is 0 Å². The Morgan fingerprint density at radius 3 is 2.67 bits per heavy atom. The summed E-state index contributed by atoms with van der Waals surface area (Å²) in [5, 5.41) is 0. The third-order valence-electron chi connectivity index (χ3n) is 2.45. The van der Waals surface area contributed by atoms with Crippen LogP contribution in [-0.2, 0) is 9.84 Å². The summed E-state index contributed by atoms with van der Waals surface area (Å²) < 4.78 is 49.3. The summed E-state index contributed by atoms with van der Waals surface area (Å²) in [6.45, 7) is 0. The molecule has 82 valence electrons. The molecular formula is C9H9F2NO2S. The maximum atomic E-state index is 13.3. The van der Waals surface area contributed by atoms with Gasteiger partial charge < -0.3 is 5.73 Å². The Labute approximate surface area is 85.8 Å². The van der Waals surface area contributed by atoms with Gasteiger partial charge in [0.05, 0.1) is 5.75 Å². The number of rotatable bonds is 0. The van der Waals surface area contributed by atoms with E-state index in [0.717, 1.165) is 6.07 Å². The number of halogens is 2. The molecule has 0 aliphatic carbocycles. The van der Waals surface area contributed by atoms with E-state index in [1.54, 1.807) is 0 Å². The van der Waals surface area contributed by atoms with E-state index in [2.05, 4.69) is 0 Å². The van der Waals surface area contributed by atoms with Crippen LogP contribution in [0.15, 0.2) is 17.0 Å². The van der Waals surface area contributed by atoms with Crippen molar-refractivity contribution in [3.63, 3.8) is 0 Å². The van der Waals surface area contributed by atoms with Gasteiger partial charge in [-0.1, -0.05) is 0 Å². The molecule has 1 unspecified atom stereocenters. The van der Waals surface area contributed by atoms with Crippen LogP contribution in [0.4, 0.5) is 8.78 Å². The van der Waals surface area contributed by atoms with Gasteiger partial charge in [-0.3, -0.25) is 0 Å². The Morgan fingerprint density at radius 1 is 1.33 bits per heavy atom. The van der Waals surface area contributed by atoms with E-state index in [-0.39, 0.29) is 17.7 Å². The lowest BCUT2D eigenvalue weighted by Crippen LogP contribution is -2.26. The Hall–Kier alpha value is -1.01. The van der Waals surface area contributed by atoms with Crippen molar-refractivity contribution >= 4 is 9.84 Å². The molecule has 0 amide bonds. The summed E-state index contributed by atoms with van der Waals surface area (Å²) in [4.78, 5) is -0.442. The third-order valence-corrected chi connectivity index (χ3v) is 4.27. The molecule has 1 aromatic carbocycles. The highest BCUT2D eigenvalue weighted by atomic mass is 32.2. The van der Waals surface area contributed by atoms with E-state index in [0.29, 0.717) is 6.07 Å². The highest BCUT2D eigenvalue weighted by Gasteiger charge is 2.32. The van der Waals surface area contributed by atoms with Crippen LogP contribution in [0.1, 0.15) is 18.0 Å². The molecule has 1 aromatic rings. The topological polar surface area (TPSA) is 60.2 Å². The predicted octanol–water partition coefficient (Wildman–Crippen LogP) is 1.14. The summed E-state index contributed by atoms with van der Waals surface area (Å²) >= 11 is 0. The molecule has 0 saturated carbocycles. The fraction of sp³-hybridized carbons (Fsp3) is 0.333. The fourth-order valence-corrected chi connectivity index (χ4v) is 3.42. The molecule has 2 N–H and O–H groups in total. The molecule has 1 aliphatic rings. The predicted molar refractivity (Wildman–Crippen MR) is 50.0 cm³/mol. The minimum absolute atomic E-state index is 0.0405. The van der Waals surface area contributed by atoms with Gasteiger partial charge in [-0.15, -0.1) is 0 Å². The lowest BCUT2D eigenvalue weighted by molar-refractivity contribution is 0.518. The number of hydrogen-bond donors (Lipinski definition) is 1. The zero-order valence-electron chi connectivity index (χ0n) is 7.70. The van der Waals surface area contributed by atoms with E-state index in [1.807, 2.05) is 0 Å². The number of benzene rings is 1. The van der Waals surface area contributed by atoms with Gasteiger partial charge in [0.25, 0.3) is 0 Å². The van der Waals surface area contributed by atoms with Gasteiger partial charge in [-0.25, -0.2) is 17.2 Å². The molecular weight excluding hydrogens is 224 g/mol. The van der Waals surface area contributed by atoms with E-state index in [9.17, 15) is 17.2 Å². The van der Waals surface area contributed by atoms with Crippen molar-refractivity contribution in [2.75, 3.05) is 5.75 Å². The molecule has 2 rings (SSSR count). The highest BCUT2D eigenvalue weighted by molar-refractivity contribution is 7.91. The van der Waals surface area contributed by atoms with Crippen LogP contribution >= 0.6 is 0 Å². The summed E-state index contributed by atoms with van der Waals surface area (Å²) in [5.41, 5.74) is 5.65. The first kappa shape index (κ1) is 10.5. The van der Waals surface area contributed by atoms with Crippen molar-refractivity contribution < 1.29 is 17.2 Å². The second-order valence-corrected chi connectivity index (χ2v) is 5.57. The standard InChI is InChI=1S/C9H9F2NO2S/c10-5-3-6-8(12)1-2-15(13,14)9(6)7(11)4-5/h3-4,8H,1-2,12H2. The molecule has 6 heteroatoms. The van der Waals surface area contributed by atoms with E-state index >= 15 is 0 Å². The zero-order chi connectivity index (χ0) is 11.2. The van der Waals surface area contributed by atoms with Crippen molar-refractivity contribution in [3.05, 3.63) is 29.3 Å². The molecule has 1 atom stereocenters. The molecule has 0 bridgehead atoms. The third kappa shape index (κ3) is 1.63. The lowest BCUT2D eigenvalue weighted by atomic mass is 10.0. The molecule has 3 nitrogen and oxygen atoms in total. The molecule has 0 fully saturated rings. The normalized spacial score (nSPS) is 23.5. The quantitative estimate of drug-likeness (QED) is 0.683. The fourth-order valence-electron chi connectivity index (χ4n) is 1.72. The monoisotopic (exact) mass is 233 g/mol. The lowest BCUT2D eigenvalue weighted by Gasteiger charge is -2.22. The maximum Gasteiger partial charge on any atom is 0.181 e. The first-order valence-electron chi connectivity index (χ1n) is 4.39. The van der Waals surface area contributed by atoms with Crippen LogP contribution in [0.25, 0.3) is 0 Å². The van der Waals surface area contributed by atoms with Gasteiger partial charge in [0.2, 0.25) is 0 Å². The SMILES string of the molecule is NC1CCS(=O)(=O)c2c(F)cc(F)cc21. The molecule has 1 aliphatic heterocycles. The smallest absolute Gasteiger partial charge is 0.181 e. The van der Waals surface area contributed by atoms with Gasteiger partial charge in [0.1, 0.15) is 16.5 Å². The van der Waals surface area contributed by atoms with Crippen LogP contribution in [0.2, 0.25) is 0 Å². The van der Waals surface area contributed by atoms with Gasteiger partial charge in [0, 0.05) is 12.1 Å². The second-order valence-electron chi connectivity index (χ2n) is 3.52. The zero-order valence-corrected chi connectivity index (χ0v) is 8.52. The molecule has 1 heterocycles. The highest BCUT2D eigenvalue weighted by Crippen LogP contribution is 2.33. The van der Waals surface area contributed by atoms with E-state index in [1.165, 1.54) is 0 Å². The number of nitrogens with two attached hydrogens (primary N) is 1. The minimum atomic E-state index is -3.64. The van der Waals surface area contributed by atoms with Crippen LogP contribution in [0, 0.1) is 11.6 Å². The van der Waals surface area contributed by atoms with Crippen molar-refractivity contribution in [2.24, 2.45) is 5.73 Å². The summed E-state index contributed by atoms with van der Waals surface area (Å²) in [7, 11) is -3.64. The Kier molecular flexibility index (Phi) is 2.27.